The predicted molar refractivity (Wildman–Crippen MR) is 65.3 cm³/mol. The summed E-state index contributed by atoms with van der Waals surface area (Å²) < 4.78 is 12.1. The normalized spacial score (nSPS) is 10.8. The summed E-state index contributed by atoms with van der Waals surface area (Å²) in [5.41, 5.74) is 0. The van der Waals surface area contributed by atoms with Gasteiger partial charge in [-0.3, -0.25) is 4.57 Å². The summed E-state index contributed by atoms with van der Waals surface area (Å²) >= 11 is 1.05. The monoisotopic (exact) mass is 282 g/mol. The van der Waals surface area contributed by atoms with Gasteiger partial charge >= 0.3 is 0 Å². The quantitative estimate of drug-likeness (QED) is 0.661. The number of rotatable bonds is 7. The van der Waals surface area contributed by atoms with E-state index in [1.165, 1.54) is 0 Å². The lowest BCUT2D eigenvalue weighted by Crippen LogP contribution is -2.24. The molecule has 0 aliphatic heterocycles. The van der Waals surface area contributed by atoms with Crippen molar-refractivity contribution in [3.8, 4) is 11.6 Å². The fourth-order valence-electron chi connectivity index (χ4n) is 1.49. The van der Waals surface area contributed by atoms with Crippen LogP contribution in [0, 0.1) is 0 Å². The van der Waals surface area contributed by atoms with E-state index in [0.29, 0.717) is 29.9 Å². The Morgan fingerprint density at radius 3 is 3.05 bits per heavy atom. The lowest BCUT2D eigenvalue weighted by molar-refractivity contribution is -0.301. The number of carboxylic acid groups (broad SMARTS) is 1. The van der Waals surface area contributed by atoms with E-state index in [4.69, 9.17) is 9.15 Å². The number of aliphatic carboxylic acids is 1. The molecule has 0 unspecified atom stereocenters. The van der Waals surface area contributed by atoms with Crippen LogP contribution in [0.25, 0.3) is 11.6 Å². The van der Waals surface area contributed by atoms with E-state index in [-0.39, 0.29) is 5.75 Å². The minimum Gasteiger partial charge on any atom is -0.549 e. The summed E-state index contributed by atoms with van der Waals surface area (Å²) in [7, 11) is 1.59. The number of carbonyl (C=O) groups is 1. The predicted octanol–water partition coefficient (Wildman–Crippen LogP) is 0.0265. The van der Waals surface area contributed by atoms with E-state index >= 15 is 0 Å². The SMILES string of the molecule is COCCn1c(SCC(=O)[O-])nnc1-c1ccco1. The molecule has 0 fully saturated rings. The summed E-state index contributed by atoms with van der Waals surface area (Å²) in [5.74, 6) is -0.207. The van der Waals surface area contributed by atoms with Crippen molar-refractivity contribution in [3.63, 3.8) is 0 Å². The Hall–Kier alpha value is -1.80. The van der Waals surface area contributed by atoms with Crippen molar-refractivity contribution in [3.05, 3.63) is 18.4 Å². The van der Waals surface area contributed by atoms with Gasteiger partial charge in [-0.2, -0.15) is 0 Å². The Balaban J connectivity index is 2.25. The smallest absolute Gasteiger partial charge is 0.200 e. The molecule has 0 saturated heterocycles. The molecular formula is C11H12N3O4S-. The second-order valence-corrected chi connectivity index (χ2v) is 4.53. The third-order valence-corrected chi connectivity index (χ3v) is 3.24. The molecule has 0 spiro atoms. The first-order chi connectivity index (χ1) is 9.22. The van der Waals surface area contributed by atoms with Gasteiger partial charge in [0.15, 0.2) is 10.9 Å². The van der Waals surface area contributed by atoms with Crippen LogP contribution in [-0.4, -0.2) is 40.2 Å². The zero-order valence-electron chi connectivity index (χ0n) is 10.2. The maximum atomic E-state index is 10.5. The number of carbonyl (C=O) groups excluding carboxylic acids is 1. The molecule has 2 rings (SSSR count). The van der Waals surface area contributed by atoms with Crippen LogP contribution in [0.2, 0.25) is 0 Å². The minimum absolute atomic E-state index is 0.177. The van der Waals surface area contributed by atoms with Crippen LogP contribution < -0.4 is 5.11 Å². The first kappa shape index (κ1) is 13.6. The van der Waals surface area contributed by atoms with Crippen LogP contribution in [0.4, 0.5) is 0 Å². The molecule has 7 nitrogen and oxygen atoms in total. The van der Waals surface area contributed by atoms with Crippen molar-refractivity contribution < 1.29 is 19.1 Å². The molecule has 0 saturated carbocycles. The number of hydrogen-bond acceptors (Lipinski definition) is 7. The molecule has 19 heavy (non-hydrogen) atoms. The van der Waals surface area contributed by atoms with Gasteiger partial charge in [0.25, 0.3) is 0 Å². The summed E-state index contributed by atoms with van der Waals surface area (Å²) in [6.45, 7) is 0.972. The number of thioether (sulfide) groups is 1. The number of carboxylic acids is 1. The van der Waals surface area contributed by atoms with Gasteiger partial charge in [0.05, 0.1) is 25.4 Å². The first-order valence-corrected chi connectivity index (χ1v) is 6.49. The van der Waals surface area contributed by atoms with E-state index in [1.54, 1.807) is 30.1 Å². The average Bonchev–Trinajstić information content (AvgIpc) is 3.02. The molecule has 0 bridgehead atoms. The van der Waals surface area contributed by atoms with Gasteiger partial charge in [0, 0.05) is 12.9 Å². The summed E-state index contributed by atoms with van der Waals surface area (Å²) in [4.78, 5) is 10.5. The Morgan fingerprint density at radius 2 is 2.42 bits per heavy atom. The van der Waals surface area contributed by atoms with E-state index in [1.807, 2.05) is 0 Å². The molecule has 0 radical (unpaired) electrons. The molecule has 0 atom stereocenters. The molecule has 0 amide bonds. The maximum absolute atomic E-state index is 10.5. The standard InChI is InChI=1S/C11H13N3O4S/c1-17-6-4-14-10(8-3-2-5-18-8)12-13-11(14)19-7-9(15)16/h2-3,5H,4,6-7H2,1H3,(H,15,16)/p-1. The number of hydrogen-bond donors (Lipinski definition) is 0. The molecule has 0 aliphatic rings. The van der Waals surface area contributed by atoms with Crippen LogP contribution in [0.1, 0.15) is 0 Å². The largest absolute Gasteiger partial charge is 0.549 e. The van der Waals surface area contributed by atoms with Crippen molar-refractivity contribution in [2.75, 3.05) is 19.5 Å². The summed E-state index contributed by atoms with van der Waals surface area (Å²) in [5, 5.41) is 19.0. The lowest BCUT2D eigenvalue weighted by atomic mass is 10.4. The van der Waals surface area contributed by atoms with E-state index in [2.05, 4.69) is 10.2 Å². The van der Waals surface area contributed by atoms with Gasteiger partial charge in [-0.1, -0.05) is 11.8 Å². The average molecular weight is 282 g/mol. The van der Waals surface area contributed by atoms with Gasteiger partial charge in [-0.15, -0.1) is 10.2 Å². The summed E-state index contributed by atoms with van der Waals surface area (Å²) in [6.07, 6.45) is 1.54. The molecule has 0 aliphatic carbocycles. The number of aromatic nitrogens is 3. The van der Waals surface area contributed by atoms with Crippen LogP contribution in [0.3, 0.4) is 0 Å². The fraction of sp³-hybridized carbons (Fsp3) is 0.364. The number of furan rings is 1. The Labute approximate surface area is 113 Å². The molecule has 2 aromatic heterocycles. The molecule has 102 valence electrons. The van der Waals surface area contributed by atoms with Crippen LogP contribution >= 0.6 is 11.8 Å². The first-order valence-electron chi connectivity index (χ1n) is 5.51. The third-order valence-electron chi connectivity index (χ3n) is 2.30. The van der Waals surface area contributed by atoms with E-state index in [0.717, 1.165) is 11.8 Å². The van der Waals surface area contributed by atoms with Gasteiger partial charge < -0.3 is 19.1 Å². The molecule has 0 N–H and O–H groups in total. The second kappa shape index (κ2) is 6.39. The van der Waals surface area contributed by atoms with E-state index in [9.17, 15) is 9.90 Å². The Morgan fingerprint density at radius 1 is 1.58 bits per heavy atom. The highest BCUT2D eigenvalue weighted by Crippen LogP contribution is 2.23. The Bertz CT molecular complexity index is 538. The van der Waals surface area contributed by atoms with Crippen LogP contribution in [0.15, 0.2) is 28.0 Å². The highest BCUT2D eigenvalue weighted by molar-refractivity contribution is 7.99. The summed E-state index contributed by atoms with van der Waals surface area (Å²) in [6, 6.07) is 3.51. The molecule has 2 heterocycles. The van der Waals surface area contributed by atoms with Gasteiger partial charge in [-0.25, -0.2) is 0 Å². The Kier molecular flexibility index (Phi) is 4.58. The van der Waals surface area contributed by atoms with Gasteiger partial charge in [0.1, 0.15) is 0 Å². The van der Waals surface area contributed by atoms with Crippen LogP contribution in [-0.2, 0) is 16.1 Å². The second-order valence-electron chi connectivity index (χ2n) is 3.59. The van der Waals surface area contributed by atoms with Crippen molar-refractivity contribution in [2.45, 2.75) is 11.7 Å². The number of ether oxygens (including phenoxy) is 1. The number of methoxy groups -OCH3 is 1. The lowest BCUT2D eigenvalue weighted by Gasteiger charge is -2.08. The van der Waals surface area contributed by atoms with Crippen molar-refractivity contribution in [2.24, 2.45) is 0 Å². The number of nitrogens with zero attached hydrogens (tertiary/aromatic N) is 3. The van der Waals surface area contributed by atoms with E-state index < -0.39 is 5.97 Å². The van der Waals surface area contributed by atoms with Gasteiger partial charge in [0.2, 0.25) is 5.82 Å². The molecule has 0 aromatic carbocycles. The molecule has 2 aromatic rings. The molecule has 8 heteroatoms. The van der Waals surface area contributed by atoms with Crippen molar-refractivity contribution in [1.29, 1.82) is 0 Å². The van der Waals surface area contributed by atoms with Crippen molar-refractivity contribution in [1.82, 2.24) is 14.8 Å². The fourth-order valence-corrected chi connectivity index (χ4v) is 2.17. The van der Waals surface area contributed by atoms with Crippen molar-refractivity contribution >= 4 is 17.7 Å². The topological polar surface area (TPSA) is 93.2 Å². The highest BCUT2D eigenvalue weighted by atomic mass is 32.2. The van der Waals surface area contributed by atoms with Gasteiger partial charge in [-0.05, 0) is 12.1 Å². The minimum atomic E-state index is -1.15. The third kappa shape index (κ3) is 3.36. The zero-order valence-corrected chi connectivity index (χ0v) is 11.1. The zero-order chi connectivity index (χ0) is 13.7. The maximum Gasteiger partial charge on any atom is 0.200 e. The van der Waals surface area contributed by atoms with Crippen LogP contribution in [0.5, 0.6) is 0 Å². The molecular weight excluding hydrogens is 270 g/mol. The highest BCUT2D eigenvalue weighted by Gasteiger charge is 2.15.